The Labute approximate surface area is 132 Å². The Morgan fingerprint density at radius 1 is 1.14 bits per heavy atom. The van der Waals surface area contributed by atoms with Crippen molar-refractivity contribution >= 4 is 11.3 Å². The van der Waals surface area contributed by atoms with Gasteiger partial charge in [-0.2, -0.15) is 11.3 Å². The zero-order valence-corrected chi connectivity index (χ0v) is 13.8. The van der Waals surface area contributed by atoms with Crippen molar-refractivity contribution in [1.82, 2.24) is 5.32 Å². The van der Waals surface area contributed by atoms with E-state index in [2.05, 4.69) is 60.3 Å². The smallest absolute Gasteiger partial charge is 0.119 e. The van der Waals surface area contributed by atoms with E-state index >= 15 is 0 Å². The first-order valence-electron chi connectivity index (χ1n) is 7.74. The first-order valence-corrected chi connectivity index (χ1v) is 8.68. The summed E-state index contributed by atoms with van der Waals surface area (Å²) in [6.45, 7) is 6.22. The Hall–Kier alpha value is -1.32. The van der Waals surface area contributed by atoms with Crippen molar-refractivity contribution in [2.45, 2.75) is 45.8 Å². The molecule has 3 heteroatoms. The van der Waals surface area contributed by atoms with Crippen LogP contribution in [0.4, 0.5) is 0 Å². The van der Waals surface area contributed by atoms with Gasteiger partial charge in [0.1, 0.15) is 12.4 Å². The minimum absolute atomic E-state index is 0.583. The lowest BCUT2D eigenvalue weighted by molar-refractivity contribution is 0.306. The van der Waals surface area contributed by atoms with Crippen molar-refractivity contribution in [3.8, 4) is 5.75 Å². The highest BCUT2D eigenvalue weighted by Crippen LogP contribution is 2.16. The van der Waals surface area contributed by atoms with E-state index in [0.29, 0.717) is 12.6 Å². The van der Waals surface area contributed by atoms with Crippen LogP contribution in [0.15, 0.2) is 41.1 Å². The summed E-state index contributed by atoms with van der Waals surface area (Å²) in [5.74, 6) is 0.946. The summed E-state index contributed by atoms with van der Waals surface area (Å²) in [6, 6.07) is 11.2. The number of nitrogens with one attached hydrogen (secondary N) is 1. The fraction of sp³-hybridized carbons (Fsp3) is 0.444. The molecule has 2 aromatic rings. The molecule has 2 rings (SSSR count). The monoisotopic (exact) mass is 303 g/mol. The van der Waals surface area contributed by atoms with Crippen LogP contribution in [0.5, 0.6) is 5.75 Å². The second kappa shape index (κ2) is 8.85. The molecule has 1 aromatic carbocycles. The van der Waals surface area contributed by atoms with Crippen molar-refractivity contribution < 1.29 is 4.74 Å². The lowest BCUT2D eigenvalue weighted by Crippen LogP contribution is -2.27. The van der Waals surface area contributed by atoms with E-state index in [4.69, 9.17) is 4.74 Å². The molecule has 0 radical (unpaired) electrons. The molecule has 1 heterocycles. The maximum Gasteiger partial charge on any atom is 0.119 e. The van der Waals surface area contributed by atoms with Crippen LogP contribution in [0.2, 0.25) is 0 Å². The molecule has 1 atom stereocenters. The van der Waals surface area contributed by atoms with Gasteiger partial charge in [-0.1, -0.05) is 19.1 Å². The number of thiophene rings is 1. The van der Waals surface area contributed by atoms with E-state index in [1.54, 1.807) is 11.3 Å². The Morgan fingerprint density at radius 3 is 2.62 bits per heavy atom. The van der Waals surface area contributed by atoms with Gasteiger partial charge < -0.3 is 10.1 Å². The number of aryl methyl sites for hydroxylation is 1. The van der Waals surface area contributed by atoms with Gasteiger partial charge >= 0.3 is 0 Å². The van der Waals surface area contributed by atoms with Crippen LogP contribution in [0.3, 0.4) is 0 Å². The van der Waals surface area contributed by atoms with Crippen LogP contribution in [0, 0.1) is 0 Å². The van der Waals surface area contributed by atoms with Gasteiger partial charge in [0.05, 0.1) is 0 Å². The molecule has 114 valence electrons. The van der Waals surface area contributed by atoms with Gasteiger partial charge in [0, 0.05) is 6.04 Å². The van der Waals surface area contributed by atoms with Crippen LogP contribution in [-0.4, -0.2) is 12.6 Å². The summed E-state index contributed by atoms with van der Waals surface area (Å²) in [5, 5.41) is 7.73. The third-order valence-electron chi connectivity index (χ3n) is 3.52. The topological polar surface area (TPSA) is 21.3 Å². The molecule has 0 spiro atoms. The molecule has 1 aromatic heterocycles. The van der Waals surface area contributed by atoms with Crippen molar-refractivity contribution in [2.24, 2.45) is 0 Å². The van der Waals surface area contributed by atoms with Gasteiger partial charge in [-0.05, 0) is 72.8 Å². The van der Waals surface area contributed by atoms with E-state index in [0.717, 1.165) is 18.7 Å². The average molecular weight is 303 g/mol. The van der Waals surface area contributed by atoms with Gasteiger partial charge in [0.2, 0.25) is 0 Å². The van der Waals surface area contributed by atoms with Crippen LogP contribution in [0.1, 0.15) is 37.8 Å². The third kappa shape index (κ3) is 5.90. The average Bonchev–Trinajstić information content (AvgIpc) is 3.03. The molecule has 0 saturated heterocycles. The first-order chi connectivity index (χ1) is 10.3. The van der Waals surface area contributed by atoms with Crippen molar-refractivity contribution in [1.29, 1.82) is 0 Å². The zero-order valence-electron chi connectivity index (χ0n) is 13.0. The van der Waals surface area contributed by atoms with E-state index in [1.807, 2.05) is 0 Å². The molecule has 0 aliphatic rings. The van der Waals surface area contributed by atoms with Gasteiger partial charge in [-0.25, -0.2) is 0 Å². The predicted molar refractivity (Wildman–Crippen MR) is 91.2 cm³/mol. The first kappa shape index (κ1) is 16.1. The zero-order chi connectivity index (χ0) is 14.9. The molecular weight excluding hydrogens is 278 g/mol. The minimum Gasteiger partial charge on any atom is -0.489 e. The molecular formula is C18H25NOS. The fourth-order valence-electron chi connectivity index (χ4n) is 2.17. The summed E-state index contributed by atoms with van der Waals surface area (Å²) in [5.41, 5.74) is 2.61. The molecule has 0 saturated carbocycles. The van der Waals surface area contributed by atoms with Crippen LogP contribution < -0.4 is 10.1 Å². The van der Waals surface area contributed by atoms with Crippen molar-refractivity contribution in [2.75, 3.05) is 6.54 Å². The number of ether oxygens (including phenoxy) is 1. The summed E-state index contributed by atoms with van der Waals surface area (Å²) in [7, 11) is 0. The molecule has 0 bridgehead atoms. The van der Waals surface area contributed by atoms with Crippen LogP contribution in [-0.2, 0) is 13.0 Å². The second-order valence-corrected chi connectivity index (χ2v) is 6.24. The van der Waals surface area contributed by atoms with Crippen LogP contribution in [0.25, 0.3) is 0 Å². The minimum atomic E-state index is 0.583. The Morgan fingerprint density at radius 2 is 1.95 bits per heavy atom. The van der Waals surface area contributed by atoms with Gasteiger partial charge in [-0.15, -0.1) is 0 Å². The second-order valence-electron chi connectivity index (χ2n) is 5.46. The molecule has 0 amide bonds. The number of hydrogen-bond donors (Lipinski definition) is 1. The number of rotatable bonds is 9. The summed E-state index contributed by atoms with van der Waals surface area (Å²) < 4.78 is 5.78. The summed E-state index contributed by atoms with van der Waals surface area (Å²) in [4.78, 5) is 0. The maximum atomic E-state index is 5.78. The highest BCUT2D eigenvalue weighted by Gasteiger charge is 2.02. The molecule has 0 aliphatic heterocycles. The Bertz CT molecular complexity index is 492. The predicted octanol–water partition coefficient (Wildman–Crippen LogP) is 4.65. The summed E-state index contributed by atoms with van der Waals surface area (Å²) in [6.07, 6.45) is 3.48. The Balaban J connectivity index is 1.73. The molecule has 21 heavy (non-hydrogen) atoms. The fourth-order valence-corrected chi connectivity index (χ4v) is 2.82. The third-order valence-corrected chi connectivity index (χ3v) is 4.25. The lowest BCUT2D eigenvalue weighted by atomic mass is 10.1. The standard InChI is InChI=1S/C18H25NOS/c1-3-11-19-15(2)4-5-16-6-8-18(9-7-16)20-13-17-10-12-21-14-17/h6-10,12,14-15,19H,3-5,11,13H2,1-2H3. The van der Waals surface area contributed by atoms with E-state index in [1.165, 1.54) is 24.0 Å². The normalized spacial score (nSPS) is 12.3. The molecule has 1 unspecified atom stereocenters. The molecule has 0 fully saturated rings. The van der Waals surface area contributed by atoms with Crippen molar-refractivity contribution in [3.05, 3.63) is 52.2 Å². The maximum absolute atomic E-state index is 5.78. The number of benzene rings is 1. The lowest BCUT2D eigenvalue weighted by Gasteiger charge is -2.13. The highest BCUT2D eigenvalue weighted by molar-refractivity contribution is 7.07. The van der Waals surface area contributed by atoms with E-state index in [-0.39, 0.29) is 0 Å². The molecule has 0 aliphatic carbocycles. The van der Waals surface area contributed by atoms with Gasteiger partial charge in [0.15, 0.2) is 0 Å². The SMILES string of the molecule is CCCNC(C)CCc1ccc(OCc2ccsc2)cc1. The van der Waals surface area contributed by atoms with E-state index < -0.39 is 0 Å². The largest absolute Gasteiger partial charge is 0.489 e. The van der Waals surface area contributed by atoms with Crippen LogP contribution >= 0.6 is 11.3 Å². The van der Waals surface area contributed by atoms with Crippen molar-refractivity contribution in [3.63, 3.8) is 0 Å². The quantitative estimate of drug-likeness (QED) is 0.728. The van der Waals surface area contributed by atoms with Gasteiger partial charge in [-0.3, -0.25) is 0 Å². The van der Waals surface area contributed by atoms with Gasteiger partial charge in [0.25, 0.3) is 0 Å². The molecule has 2 nitrogen and oxygen atoms in total. The van der Waals surface area contributed by atoms with E-state index in [9.17, 15) is 0 Å². The highest BCUT2D eigenvalue weighted by atomic mass is 32.1. The Kier molecular flexibility index (Phi) is 6.77. The summed E-state index contributed by atoms with van der Waals surface area (Å²) >= 11 is 1.71. The number of hydrogen-bond acceptors (Lipinski definition) is 3. The molecule has 1 N–H and O–H groups in total.